The van der Waals surface area contributed by atoms with Gasteiger partial charge in [0.25, 0.3) is 0 Å². The molecule has 0 aromatic rings. The van der Waals surface area contributed by atoms with Gasteiger partial charge in [0.15, 0.2) is 0 Å². The van der Waals surface area contributed by atoms with Crippen LogP contribution in [0.25, 0.3) is 0 Å². The molecule has 94 valence electrons. The Morgan fingerprint density at radius 2 is 2.00 bits per heavy atom. The van der Waals surface area contributed by atoms with Gasteiger partial charge in [0.1, 0.15) is 6.04 Å². The summed E-state index contributed by atoms with van der Waals surface area (Å²) in [4.78, 5) is 24.0. The maximum Gasteiger partial charge on any atom is 0.326 e. The van der Waals surface area contributed by atoms with Crippen molar-refractivity contribution in [1.29, 1.82) is 0 Å². The second-order valence-electron chi connectivity index (χ2n) is 3.88. The zero-order valence-electron chi connectivity index (χ0n) is 10.1. The van der Waals surface area contributed by atoms with E-state index in [0.29, 0.717) is 13.0 Å². The highest BCUT2D eigenvalue weighted by Crippen LogP contribution is 1.96. The minimum atomic E-state index is -0.996. The number of likely N-dealkylation sites (N-methyl/N-ethyl adjacent to an activating group) is 1. The Morgan fingerprint density at radius 1 is 1.38 bits per heavy atom. The molecule has 16 heavy (non-hydrogen) atoms. The van der Waals surface area contributed by atoms with Crippen molar-refractivity contribution in [1.82, 2.24) is 15.5 Å². The summed E-state index contributed by atoms with van der Waals surface area (Å²) in [6.07, 6.45) is 1.16. The van der Waals surface area contributed by atoms with E-state index in [-0.39, 0.29) is 0 Å². The monoisotopic (exact) mass is 231 g/mol. The number of carboxylic acid groups (broad SMARTS) is 1. The summed E-state index contributed by atoms with van der Waals surface area (Å²) in [6.45, 7) is 3.10. The van der Waals surface area contributed by atoms with Crippen LogP contribution < -0.4 is 10.6 Å². The van der Waals surface area contributed by atoms with E-state index < -0.39 is 18.0 Å². The molecular formula is C10H21N3O3. The van der Waals surface area contributed by atoms with Crippen LogP contribution in [0.2, 0.25) is 0 Å². The van der Waals surface area contributed by atoms with E-state index >= 15 is 0 Å². The SMILES string of the molecule is CCC[C@@H](NC(=O)NCCN(C)C)C(=O)O. The van der Waals surface area contributed by atoms with E-state index in [1.807, 2.05) is 25.9 Å². The van der Waals surface area contributed by atoms with Gasteiger partial charge in [0.2, 0.25) is 0 Å². The third kappa shape index (κ3) is 7.05. The molecule has 0 rings (SSSR count). The molecule has 1 atom stereocenters. The van der Waals surface area contributed by atoms with Crippen molar-refractivity contribution in [3.05, 3.63) is 0 Å². The molecule has 0 bridgehead atoms. The maximum atomic E-state index is 11.3. The lowest BCUT2D eigenvalue weighted by molar-refractivity contribution is -0.139. The van der Waals surface area contributed by atoms with Crippen LogP contribution in [0.3, 0.4) is 0 Å². The highest BCUT2D eigenvalue weighted by atomic mass is 16.4. The third-order valence-corrected chi connectivity index (χ3v) is 2.03. The van der Waals surface area contributed by atoms with Gasteiger partial charge in [0, 0.05) is 13.1 Å². The van der Waals surface area contributed by atoms with E-state index in [2.05, 4.69) is 10.6 Å². The first-order valence-corrected chi connectivity index (χ1v) is 5.39. The molecule has 0 radical (unpaired) electrons. The van der Waals surface area contributed by atoms with Crippen LogP contribution in [0.1, 0.15) is 19.8 Å². The molecule has 6 nitrogen and oxygen atoms in total. The van der Waals surface area contributed by atoms with Crippen LogP contribution in [-0.2, 0) is 4.79 Å². The third-order valence-electron chi connectivity index (χ3n) is 2.03. The molecule has 0 aliphatic rings. The molecule has 0 spiro atoms. The zero-order chi connectivity index (χ0) is 12.6. The molecule has 3 N–H and O–H groups in total. The van der Waals surface area contributed by atoms with Crippen LogP contribution in [0, 0.1) is 0 Å². The summed E-state index contributed by atoms with van der Waals surface area (Å²) in [5.74, 6) is -0.996. The minimum absolute atomic E-state index is 0.428. The predicted octanol–water partition coefficient (Wildman–Crippen LogP) is 0.101. The second-order valence-corrected chi connectivity index (χ2v) is 3.88. The van der Waals surface area contributed by atoms with Gasteiger partial charge in [-0.3, -0.25) is 0 Å². The fraction of sp³-hybridized carbons (Fsp3) is 0.800. The number of carboxylic acids is 1. The normalized spacial score (nSPS) is 12.2. The molecular weight excluding hydrogens is 210 g/mol. The molecule has 0 aliphatic heterocycles. The number of carbonyl (C=O) groups excluding carboxylic acids is 1. The predicted molar refractivity (Wildman–Crippen MR) is 61.4 cm³/mol. The van der Waals surface area contributed by atoms with Gasteiger partial charge >= 0.3 is 12.0 Å². The average Bonchev–Trinajstić information content (AvgIpc) is 2.16. The van der Waals surface area contributed by atoms with Gasteiger partial charge in [-0.05, 0) is 20.5 Å². The van der Waals surface area contributed by atoms with E-state index in [1.165, 1.54) is 0 Å². The first kappa shape index (κ1) is 14.7. The lowest BCUT2D eigenvalue weighted by Crippen LogP contribution is -2.47. The van der Waals surface area contributed by atoms with Gasteiger partial charge in [-0.2, -0.15) is 0 Å². The Kier molecular flexibility index (Phi) is 7.28. The van der Waals surface area contributed by atoms with Crippen LogP contribution in [0.4, 0.5) is 4.79 Å². The zero-order valence-corrected chi connectivity index (χ0v) is 10.1. The Hall–Kier alpha value is -1.30. The van der Waals surface area contributed by atoms with E-state index in [1.54, 1.807) is 0 Å². The van der Waals surface area contributed by atoms with Gasteiger partial charge in [-0.15, -0.1) is 0 Å². The molecule has 0 fully saturated rings. The molecule has 0 unspecified atom stereocenters. The van der Waals surface area contributed by atoms with Gasteiger partial charge < -0.3 is 20.6 Å². The summed E-state index contributed by atoms with van der Waals surface area (Å²) < 4.78 is 0. The van der Waals surface area contributed by atoms with Crippen molar-refractivity contribution >= 4 is 12.0 Å². The van der Waals surface area contributed by atoms with Gasteiger partial charge in [0.05, 0.1) is 0 Å². The number of rotatable bonds is 7. The Balaban J connectivity index is 3.86. The largest absolute Gasteiger partial charge is 0.480 e. The number of hydrogen-bond acceptors (Lipinski definition) is 3. The van der Waals surface area contributed by atoms with Crippen molar-refractivity contribution in [2.45, 2.75) is 25.8 Å². The van der Waals surface area contributed by atoms with Crippen LogP contribution >= 0.6 is 0 Å². The van der Waals surface area contributed by atoms with Crippen LogP contribution in [0.15, 0.2) is 0 Å². The fourth-order valence-electron chi connectivity index (χ4n) is 1.15. The standard InChI is InChI=1S/C10H21N3O3/c1-4-5-8(9(14)15)12-10(16)11-6-7-13(2)3/h8H,4-7H2,1-3H3,(H,14,15)(H2,11,12,16)/t8-/m1/s1. The van der Waals surface area contributed by atoms with Crippen LogP contribution in [0.5, 0.6) is 0 Å². The lowest BCUT2D eigenvalue weighted by Gasteiger charge is -2.15. The molecule has 2 amide bonds. The van der Waals surface area contributed by atoms with Crippen LogP contribution in [-0.4, -0.2) is 55.2 Å². The topological polar surface area (TPSA) is 81.7 Å². The number of nitrogens with zero attached hydrogens (tertiary/aromatic N) is 1. The molecule has 0 saturated heterocycles. The number of amides is 2. The molecule has 0 aromatic carbocycles. The Morgan fingerprint density at radius 3 is 2.44 bits per heavy atom. The first-order chi connectivity index (χ1) is 7.47. The molecule has 0 aliphatic carbocycles. The number of carbonyl (C=O) groups is 2. The average molecular weight is 231 g/mol. The van der Waals surface area contributed by atoms with E-state index in [4.69, 9.17) is 5.11 Å². The first-order valence-electron chi connectivity index (χ1n) is 5.39. The second kappa shape index (κ2) is 7.92. The molecule has 0 aromatic heterocycles. The van der Waals surface area contributed by atoms with E-state index in [9.17, 15) is 9.59 Å². The Bertz CT molecular complexity index is 231. The maximum absolute atomic E-state index is 11.3. The molecule has 6 heteroatoms. The van der Waals surface area contributed by atoms with Crippen molar-refractivity contribution in [2.75, 3.05) is 27.2 Å². The molecule has 0 saturated carbocycles. The highest BCUT2D eigenvalue weighted by molar-refractivity contribution is 5.82. The van der Waals surface area contributed by atoms with Crippen molar-refractivity contribution in [2.24, 2.45) is 0 Å². The Labute approximate surface area is 96.0 Å². The highest BCUT2D eigenvalue weighted by Gasteiger charge is 2.18. The number of urea groups is 1. The van der Waals surface area contributed by atoms with Crippen molar-refractivity contribution < 1.29 is 14.7 Å². The quantitative estimate of drug-likeness (QED) is 0.580. The fourth-order valence-corrected chi connectivity index (χ4v) is 1.15. The smallest absolute Gasteiger partial charge is 0.326 e. The number of aliphatic carboxylic acids is 1. The van der Waals surface area contributed by atoms with E-state index in [0.717, 1.165) is 13.0 Å². The summed E-state index contributed by atoms with van der Waals surface area (Å²) in [6, 6.07) is -1.23. The molecule has 0 heterocycles. The summed E-state index contributed by atoms with van der Waals surface area (Å²) >= 11 is 0. The minimum Gasteiger partial charge on any atom is -0.480 e. The van der Waals surface area contributed by atoms with Crippen molar-refractivity contribution in [3.8, 4) is 0 Å². The number of hydrogen-bond donors (Lipinski definition) is 3. The summed E-state index contributed by atoms with van der Waals surface area (Å²) in [5, 5.41) is 13.8. The van der Waals surface area contributed by atoms with Crippen molar-refractivity contribution in [3.63, 3.8) is 0 Å². The summed E-state index contributed by atoms with van der Waals surface area (Å²) in [5.41, 5.74) is 0. The summed E-state index contributed by atoms with van der Waals surface area (Å²) in [7, 11) is 3.80. The van der Waals surface area contributed by atoms with Gasteiger partial charge in [-0.1, -0.05) is 13.3 Å². The lowest BCUT2D eigenvalue weighted by atomic mass is 10.2. The number of nitrogens with one attached hydrogen (secondary N) is 2. The van der Waals surface area contributed by atoms with Gasteiger partial charge in [-0.25, -0.2) is 9.59 Å².